The zero-order valence-corrected chi connectivity index (χ0v) is 14.2. The molecule has 4 fully saturated rings. The largest absolute Gasteiger partial charge is 0.416 e. The van der Waals surface area contributed by atoms with Crippen LogP contribution in [0.5, 0.6) is 0 Å². The van der Waals surface area contributed by atoms with Crippen molar-refractivity contribution in [3.8, 4) is 0 Å². The molecule has 0 spiro atoms. The Hall–Kier alpha value is 0.177. The predicted octanol–water partition coefficient (Wildman–Crippen LogP) is 5.22. The van der Waals surface area contributed by atoms with Gasteiger partial charge in [0.25, 0.3) is 0 Å². The third-order valence-electron chi connectivity index (χ3n) is 6.78. The molecule has 4 aliphatic carbocycles. The normalized spacial score (nSPS) is 40.9. The van der Waals surface area contributed by atoms with Gasteiger partial charge in [-0.1, -0.05) is 20.8 Å². The quantitative estimate of drug-likeness (QED) is 0.606. The van der Waals surface area contributed by atoms with E-state index in [0.29, 0.717) is 5.41 Å². The van der Waals surface area contributed by atoms with Crippen LogP contribution < -0.4 is 0 Å². The van der Waals surface area contributed by atoms with Crippen molar-refractivity contribution < 1.29 is 4.43 Å². The third kappa shape index (κ3) is 2.55. The second-order valence-corrected chi connectivity index (χ2v) is 12.7. The van der Waals surface area contributed by atoms with E-state index >= 15 is 0 Å². The average Bonchev–Trinajstić information content (AvgIpc) is 2.39. The first-order chi connectivity index (χ1) is 9.12. The van der Waals surface area contributed by atoms with Crippen molar-refractivity contribution in [1.82, 2.24) is 0 Å². The van der Waals surface area contributed by atoms with Gasteiger partial charge in [0, 0.05) is 6.61 Å². The van der Waals surface area contributed by atoms with E-state index in [1.165, 1.54) is 37.4 Å². The summed E-state index contributed by atoms with van der Waals surface area (Å²) in [6, 6.07) is 3.94. The molecule has 1 nitrogen and oxygen atoms in total. The molecule has 0 unspecified atom stereocenters. The minimum Gasteiger partial charge on any atom is -0.416 e. The molecule has 0 aliphatic heterocycles. The van der Waals surface area contributed by atoms with Crippen LogP contribution in [0.2, 0.25) is 18.1 Å². The maximum Gasteiger partial charge on any atom is 0.192 e. The van der Waals surface area contributed by atoms with Gasteiger partial charge in [0.15, 0.2) is 8.32 Å². The molecule has 0 N–H and O–H groups in total. The summed E-state index contributed by atoms with van der Waals surface area (Å²) in [6.07, 6.45) is 9.16. The van der Waals surface area contributed by atoms with Crippen molar-refractivity contribution >= 4 is 8.32 Å². The van der Waals surface area contributed by atoms with Crippen LogP contribution in [0.3, 0.4) is 0 Å². The monoisotopic (exact) mass is 280 g/mol. The van der Waals surface area contributed by atoms with Crippen molar-refractivity contribution in [2.75, 3.05) is 6.61 Å². The van der Waals surface area contributed by atoms with E-state index in [9.17, 15) is 0 Å². The minimum absolute atomic E-state index is 0.618. The first-order valence-electron chi connectivity index (χ1n) is 8.76. The molecule has 0 heterocycles. The molecule has 0 aromatic rings. The zero-order chi connectivity index (χ0) is 13.5. The Morgan fingerprint density at radius 1 is 0.842 bits per heavy atom. The summed E-state index contributed by atoms with van der Waals surface area (Å²) in [6.45, 7) is 8.20. The first-order valence-corrected chi connectivity index (χ1v) is 11.3. The highest BCUT2D eigenvalue weighted by Crippen LogP contribution is 2.60. The van der Waals surface area contributed by atoms with E-state index in [0.717, 1.165) is 24.4 Å². The molecule has 0 aromatic carbocycles. The van der Waals surface area contributed by atoms with E-state index in [4.69, 9.17) is 4.43 Å². The smallest absolute Gasteiger partial charge is 0.192 e. The zero-order valence-electron chi connectivity index (χ0n) is 13.2. The van der Waals surface area contributed by atoms with Gasteiger partial charge in [0.2, 0.25) is 0 Å². The van der Waals surface area contributed by atoms with Crippen LogP contribution >= 0.6 is 0 Å². The maximum atomic E-state index is 6.70. The van der Waals surface area contributed by atoms with Gasteiger partial charge in [-0.15, -0.1) is 0 Å². The molecule has 0 atom stereocenters. The van der Waals surface area contributed by atoms with Crippen LogP contribution in [-0.4, -0.2) is 14.9 Å². The molecule has 4 rings (SSSR count). The van der Waals surface area contributed by atoms with Gasteiger partial charge in [-0.3, -0.25) is 0 Å². The molecule has 0 radical (unpaired) electrons. The van der Waals surface area contributed by atoms with Gasteiger partial charge < -0.3 is 4.43 Å². The van der Waals surface area contributed by atoms with E-state index in [2.05, 4.69) is 20.8 Å². The molecule has 0 saturated heterocycles. The Morgan fingerprint density at radius 3 is 1.63 bits per heavy atom. The Balaban J connectivity index is 1.66. The fraction of sp³-hybridized carbons (Fsp3) is 1.00. The van der Waals surface area contributed by atoms with Crippen molar-refractivity contribution in [3.05, 3.63) is 0 Å². The summed E-state index contributed by atoms with van der Waals surface area (Å²) in [7, 11) is -1.37. The SMILES string of the molecule is CC[Si](CC)(CC)OCC12CC3CC(CC(C3)C1)C2. The van der Waals surface area contributed by atoms with E-state index in [-0.39, 0.29) is 0 Å². The van der Waals surface area contributed by atoms with E-state index in [1.807, 2.05) is 0 Å². The van der Waals surface area contributed by atoms with Crippen LogP contribution in [0.15, 0.2) is 0 Å². The summed E-state index contributed by atoms with van der Waals surface area (Å²) < 4.78 is 6.70. The second-order valence-electron chi connectivity index (χ2n) is 7.95. The van der Waals surface area contributed by atoms with E-state index in [1.54, 1.807) is 19.3 Å². The number of rotatable bonds is 6. The Bertz CT molecular complexity index is 278. The van der Waals surface area contributed by atoms with Crippen molar-refractivity contribution in [2.24, 2.45) is 23.2 Å². The topological polar surface area (TPSA) is 9.23 Å². The molecular formula is C17H32OSi. The standard InChI is InChI=1S/C17H32OSi/c1-4-19(5-2,6-3)18-13-17-10-14-7-15(11-17)9-16(8-14)12-17/h14-16H,4-13H2,1-3H3. The van der Waals surface area contributed by atoms with Gasteiger partial charge in [0.05, 0.1) is 0 Å². The number of hydrogen-bond acceptors (Lipinski definition) is 1. The first kappa shape index (κ1) is 14.1. The van der Waals surface area contributed by atoms with Crippen LogP contribution in [0.25, 0.3) is 0 Å². The molecule has 4 bridgehead atoms. The minimum atomic E-state index is -1.37. The van der Waals surface area contributed by atoms with E-state index < -0.39 is 8.32 Å². The second kappa shape index (κ2) is 5.18. The Morgan fingerprint density at radius 2 is 1.26 bits per heavy atom. The third-order valence-corrected chi connectivity index (χ3v) is 11.4. The lowest BCUT2D eigenvalue weighted by Gasteiger charge is -2.57. The average molecular weight is 281 g/mol. The number of hydrogen-bond donors (Lipinski definition) is 0. The molecule has 4 aliphatic rings. The molecular weight excluding hydrogens is 248 g/mol. The predicted molar refractivity (Wildman–Crippen MR) is 83.8 cm³/mol. The molecule has 110 valence electrons. The fourth-order valence-corrected chi connectivity index (χ4v) is 8.55. The molecule has 2 heteroatoms. The Kier molecular flexibility index (Phi) is 3.85. The lowest BCUT2D eigenvalue weighted by molar-refractivity contribution is -0.0766. The maximum absolute atomic E-state index is 6.70. The van der Waals surface area contributed by atoms with Crippen molar-refractivity contribution in [2.45, 2.75) is 77.4 Å². The molecule has 4 saturated carbocycles. The molecule has 19 heavy (non-hydrogen) atoms. The van der Waals surface area contributed by atoms with Gasteiger partial charge in [0.1, 0.15) is 0 Å². The highest BCUT2D eigenvalue weighted by Gasteiger charge is 2.51. The summed E-state index contributed by atoms with van der Waals surface area (Å²) in [5.41, 5.74) is 0.618. The van der Waals surface area contributed by atoms with Crippen molar-refractivity contribution in [3.63, 3.8) is 0 Å². The highest BCUT2D eigenvalue weighted by atomic mass is 28.4. The van der Waals surface area contributed by atoms with Gasteiger partial charge >= 0.3 is 0 Å². The Labute approximate surface area is 120 Å². The van der Waals surface area contributed by atoms with Crippen molar-refractivity contribution in [1.29, 1.82) is 0 Å². The fourth-order valence-electron chi connectivity index (χ4n) is 5.83. The van der Waals surface area contributed by atoms with Gasteiger partial charge in [-0.05, 0) is 79.8 Å². The van der Waals surface area contributed by atoms with Crippen LogP contribution in [-0.2, 0) is 4.43 Å². The summed E-state index contributed by atoms with van der Waals surface area (Å²) in [4.78, 5) is 0. The highest BCUT2D eigenvalue weighted by molar-refractivity contribution is 6.73. The summed E-state index contributed by atoms with van der Waals surface area (Å²) in [5, 5.41) is 0. The molecule has 0 amide bonds. The lowest BCUT2D eigenvalue weighted by Crippen LogP contribution is -2.50. The molecule has 0 aromatic heterocycles. The summed E-state index contributed by atoms with van der Waals surface area (Å²) in [5.74, 6) is 3.20. The van der Waals surface area contributed by atoms with Crippen LogP contribution in [0.1, 0.15) is 59.3 Å². The van der Waals surface area contributed by atoms with Crippen LogP contribution in [0.4, 0.5) is 0 Å². The van der Waals surface area contributed by atoms with Gasteiger partial charge in [-0.25, -0.2) is 0 Å². The summed E-state index contributed by atoms with van der Waals surface area (Å²) >= 11 is 0. The van der Waals surface area contributed by atoms with Crippen LogP contribution in [0, 0.1) is 23.2 Å². The van der Waals surface area contributed by atoms with Gasteiger partial charge in [-0.2, -0.15) is 0 Å². The lowest BCUT2D eigenvalue weighted by atomic mass is 9.50.